The number of hydrogen-bond donors (Lipinski definition) is 3. The number of carbonyl (C=O) groups excluding carboxylic acids is 1. The summed E-state index contributed by atoms with van der Waals surface area (Å²) >= 11 is 1.29. The van der Waals surface area contributed by atoms with Crippen molar-refractivity contribution >= 4 is 23.9 Å². The van der Waals surface area contributed by atoms with E-state index in [1.54, 1.807) is 19.2 Å². The Kier molecular flexibility index (Phi) is 8.20. The molecular formula is C26H26N5O4S+. The Morgan fingerprint density at radius 2 is 1.94 bits per heavy atom. The topological polar surface area (TPSA) is 113 Å². The van der Waals surface area contributed by atoms with E-state index >= 15 is 0 Å². The molecule has 0 saturated heterocycles. The molecule has 0 unspecified atom stereocenters. The normalized spacial score (nSPS) is 10.9. The quantitative estimate of drug-likeness (QED) is 0.131. The molecular weight excluding hydrogens is 478 g/mol. The number of para-hydroxylation sites is 1. The van der Waals surface area contributed by atoms with Crippen LogP contribution >= 0.6 is 11.8 Å². The number of nitrogens with zero attached hydrogens (tertiary/aromatic N) is 3. The van der Waals surface area contributed by atoms with Crippen LogP contribution in [-0.4, -0.2) is 46.9 Å². The fraction of sp³-hybridized carbons (Fsp3) is 0.154. The van der Waals surface area contributed by atoms with Crippen LogP contribution in [0.3, 0.4) is 0 Å². The van der Waals surface area contributed by atoms with E-state index in [1.165, 1.54) is 24.0 Å². The second kappa shape index (κ2) is 11.9. The monoisotopic (exact) mass is 504 g/mol. The van der Waals surface area contributed by atoms with Crippen LogP contribution in [0.1, 0.15) is 12.5 Å². The Bertz CT molecular complexity index is 1340. The molecule has 0 saturated carbocycles. The molecule has 0 atom stereocenters. The first kappa shape index (κ1) is 24.8. The molecule has 0 radical (unpaired) electrons. The number of hydrogen-bond acceptors (Lipinski definition) is 7. The van der Waals surface area contributed by atoms with E-state index in [0.717, 1.165) is 22.8 Å². The van der Waals surface area contributed by atoms with Crippen LogP contribution in [0.5, 0.6) is 17.2 Å². The van der Waals surface area contributed by atoms with Crippen molar-refractivity contribution in [3.63, 3.8) is 0 Å². The van der Waals surface area contributed by atoms with Crippen molar-refractivity contribution in [2.24, 2.45) is 5.10 Å². The highest BCUT2D eigenvalue weighted by atomic mass is 32.2. The summed E-state index contributed by atoms with van der Waals surface area (Å²) in [4.78, 5) is 12.5. The van der Waals surface area contributed by atoms with E-state index in [1.807, 2.05) is 66.1 Å². The van der Waals surface area contributed by atoms with Crippen LogP contribution in [0.2, 0.25) is 0 Å². The van der Waals surface area contributed by atoms with Gasteiger partial charge < -0.3 is 14.6 Å². The van der Waals surface area contributed by atoms with Gasteiger partial charge in [0.2, 0.25) is 0 Å². The van der Waals surface area contributed by atoms with Crippen LogP contribution < -0.4 is 19.5 Å². The first-order chi connectivity index (χ1) is 17.6. The number of nitrogens with one attached hydrogen (secondary N) is 2. The minimum absolute atomic E-state index is 0.0502. The number of thioether (sulfide) groups is 1. The van der Waals surface area contributed by atoms with Crippen LogP contribution in [0, 0.1) is 0 Å². The number of carbonyl (C=O) groups is 1. The molecule has 0 fully saturated rings. The number of phenols is 1. The first-order valence-electron chi connectivity index (χ1n) is 11.2. The average Bonchev–Trinajstić information content (AvgIpc) is 3.34. The van der Waals surface area contributed by atoms with Crippen molar-refractivity contribution < 1.29 is 23.9 Å². The van der Waals surface area contributed by atoms with Crippen LogP contribution in [-0.2, 0) is 4.79 Å². The third-order valence-electron chi connectivity index (χ3n) is 5.07. The lowest BCUT2D eigenvalue weighted by atomic mass is 10.2. The predicted octanol–water partition coefficient (Wildman–Crippen LogP) is 3.71. The number of benzene rings is 3. The molecule has 0 aliphatic heterocycles. The highest BCUT2D eigenvalue weighted by Gasteiger charge is 2.24. The highest BCUT2D eigenvalue weighted by molar-refractivity contribution is 7.99. The van der Waals surface area contributed by atoms with Crippen LogP contribution in [0.25, 0.3) is 17.1 Å². The molecule has 4 rings (SSSR count). The van der Waals surface area contributed by atoms with E-state index in [-0.39, 0.29) is 17.4 Å². The average molecular weight is 505 g/mol. The minimum atomic E-state index is -0.284. The van der Waals surface area contributed by atoms with Gasteiger partial charge in [0.1, 0.15) is 11.4 Å². The maximum Gasteiger partial charge on any atom is 0.342 e. The third kappa shape index (κ3) is 6.02. The van der Waals surface area contributed by atoms with Crippen molar-refractivity contribution in [2.45, 2.75) is 12.1 Å². The van der Waals surface area contributed by atoms with Gasteiger partial charge in [-0.2, -0.15) is 9.67 Å². The van der Waals surface area contributed by atoms with E-state index in [4.69, 9.17) is 9.47 Å². The number of ether oxygens (including phenoxy) is 2. The zero-order valence-corrected chi connectivity index (χ0v) is 20.7. The van der Waals surface area contributed by atoms with Gasteiger partial charge in [0.05, 0.1) is 36.3 Å². The van der Waals surface area contributed by atoms with Crippen molar-refractivity contribution in [1.29, 1.82) is 0 Å². The van der Waals surface area contributed by atoms with Gasteiger partial charge in [0.15, 0.2) is 11.5 Å². The van der Waals surface area contributed by atoms with Crippen molar-refractivity contribution in [3.8, 4) is 34.3 Å². The fourth-order valence-corrected chi connectivity index (χ4v) is 4.14. The number of hydrazone groups is 1. The van der Waals surface area contributed by atoms with Gasteiger partial charge in [0.25, 0.3) is 11.7 Å². The zero-order valence-electron chi connectivity index (χ0n) is 19.8. The summed E-state index contributed by atoms with van der Waals surface area (Å²) < 4.78 is 12.6. The number of methoxy groups -OCH3 is 1. The Hall–Kier alpha value is -4.31. The number of aromatic amines is 1. The van der Waals surface area contributed by atoms with Gasteiger partial charge in [-0.25, -0.2) is 5.43 Å². The molecule has 0 aliphatic carbocycles. The molecule has 0 spiro atoms. The van der Waals surface area contributed by atoms with Gasteiger partial charge in [-0.05, 0) is 78.8 Å². The summed E-state index contributed by atoms with van der Waals surface area (Å²) in [7, 11) is 1.63. The van der Waals surface area contributed by atoms with Gasteiger partial charge in [0, 0.05) is 0 Å². The van der Waals surface area contributed by atoms with Crippen molar-refractivity contribution in [3.05, 3.63) is 78.4 Å². The second-order valence-corrected chi connectivity index (χ2v) is 8.44. The van der Waals surface area contributed by atoms with Crippen LogP contribution in [0.4, 0.5) is 0 Å². The lowest BCUT2D eigenvalue weighted by molar-refractivity contribution is -0.625. The number of phenolic OH excluding ortho intramolecular Hbond substituents is 1. The molecule has 10 heteroatoms. The Morgan fingerprint density at radius 1 is 1.17 bits per heavy atom. The zero-order chi connectivity index (χ0) is 25.3. The molecule has 9 nitrogen and oxygen atoms in total. The molecule has 36 heavy (non-hydrogen) atoms. The third-order valence-corrected chi connectivity index (χ3v) is 6.01. The molecule has 1 heterocycles. The SMILES string of the molecule is CCOc1cc(/C=N/NC(=O)CSc2n[nH]c(-c3ccc(OC)cc3)[n+]2-c2ccccc2)ccc1O. The molecule has 4 aromatic rings. The molecule has 3 aromatic carbocycles. The van der Waals surface area contributed by atoms with Crippen molar-refractivity contribution in [1.82, 2.24) is 15.6 Å². The summed E-state index contributed by atoms with van der Waals surface area (Å²) in [5.41, 5.74) is 5.04. The van der Waals surface area contributed by atoms with Gasteiger partial charge in [-0.1, -0.05) is 18.2 Å². The number of rotatable bonds is 10. The molecule has 184 valence electrons. The number of aromatic hydroxyl groups is 1. The lowest BCUT2D eigenvalue weighted by Gasteiger charge is -2.06. The summed E-state index contributed by atoms with van der Waals surface area (Å²) in [5, 5.41) is 22.0. The van der Waals surface area contributed by atoms with Gasteiger partial charge >= 0.3 is 5.16 Å². The summed E-state index contributed by atoms with van der Waals surface area (Å²) in [6.45, 7) is 2.26. The van der Waals surface area contributed by atoms with E-state index in [0.29, 0.717) is 23.1 Å². The largest absolute Gasteiger partial charge is 0.504 e. The van der Waals surface area contributed by atoms with Gasteiger partial charge in [-0.3, -0.25) is 4.79 Å². The Labute approximate surface area is 212 Å². The Balaban J connectivity index is 1.46. The Morgan fingerprint density at radius 3 is 2.67 bits per heavy atom. The highest BCUT2D eigenvalue weighted by Crippen LogP contribution is 2.26. The van der Waals surface area contributed by atoms with E-state index in [2.05, 4.69) is 20.7 Å². The van der Waals surface area contributed by atoms with E-state index in [9.17, 15) is 9.90 Å². The molecule has 0 aliphatic rings. The van der Waals surface area contributed by atoms with E-state index < -0.39 is 0 Å². The second-order valence-electron chi connectivity index (χ2n) is 7.50. The summed E-state index contributed by atoms with van der Waals surface area (Å²) in [5.74, 6) is 1.78. The number of amides is 1. The molecule has 1 amide bonds. The number of aromatic nitrogens is 3. The lowest BCUT2D eigenvalue weighted by Crippen LogP contribution is -2.34. The predicted molar refractivity (Wildman–Crippen MR) is 138 cm³/mol. The fourth-order valence-electron chi connectivity index (χ4n) is 3.38. The first-order valence-corrected chi connectivity index (χ1v) is 12.2. The van der Waals surface area contributed by atoms with Crippen LogP contribution in [0.15, 0.2) is 83.1 Å². The maximum absolute atomic E-state index is 12.5. The molecule has 1 aromatic heterocycles. The maximum atomic E-state index is 12.5. The summed E-state index contributed by atoms with van der Waals surface area (Å²) in [6, 6.07) is 22.3. The minimum Gasteiger partial charge on any atom is -0.504 e. The smallest absolute Gasteiger partial charge is 0.342 e. The summed E-state index contributed by atoms with van der Waals surface area (Å²) in [6.07, 6.45) is 1.49. The van der Waals surface area contributed by atoms with Crippen molar-refractivity contribution in [2.75, 3.05) is 19.5 Å². The number of H-pyrrole nitrogens is 1. The standard InChI is InChI=1S/C26H25N5O4S/c1-3-35-23-15-18(9-14-22(23)32)16-27-28-24(33)17-36-26-30-29-25(19-10-12-21(34-2)13-11-19)31(26)20-7-5-4-6-8-20/h4-16H,3,17H2,1-2H3,(H2,27,28,32,33)/p+1. The molecule has 3 N–H and O–H groups in total. The van der Waals surface area contributed by atoms with Gasteiger partial charge in [-0.15, -0.1) is 5.10 Å². The molecule has 0 bridgehead atoms.